The van der Waals surface area contributed by atoms with Crippen molar-refractivity contribution < 1.29 is 14.7 Å². The summed E-state index contributed by atoms with van der Waals surface area (Å²) in [5.41, 5.74) is 4.29. The van der Waals surface area contributed by atoms with Crippen LogP contribution < -0.4 is 0 Å². The van der Waals surface area contributed by atoms with Crippen molar-refractivity contribution in [3.8, 4) is 0 Å². The van der Waals surface area contributed by atoms with E-state index in [4.69, 9.17) is 4.84 Å². The number of piperidine rings is 1. The Balaban J connectivity index is 1.67. The van der Waals surface area contributed by atoms with Gasteiger partial charge in [0.15, 0.2) is 0 Å². The maximum Gasteiger partial charge on any atom is 0.307 e. The van der Waals surface area contributed by atoms with Gasteiger partial charge in [-0.2, -0.15) is 0 Å². The van der Waals surface area contributed by atoms with Gasteiger partial charge in [-0.25, -0.2) is 0 Å². The van der Waals surface area contributed by atoms with Crippen molar-refractivity contribution in [2.75, 3.05) is 26.2 Å². The topological polar surface area (TPSA) is 62.1 Å². The molecule has 0 amide bonds. The molecule has 1 aromatic heterocycles. The fourth-order valence-electron chi connectivity index (χ4n) is 3.41. The molecule has 6 heteroatoms. The number of thiophene rings is 1. The van der Waals surface area contributed by atoms with E-state index in [9.17, 15) is 9.90 Å². The van der Waals surface area contributed by atoms with Crippen LogP contribution in [0.15, 0.2) is 40.9 Å². The number of aryl methyl sites for hydroxylation is 2. The normalized spacial score (nSPS) is 18.4. The first kappa shape index (κ1) is 19.6. The number of carbonyl (C=O) groups is 1. The molecule has 144 valence electrons. The Hall–Kier alpha value is -2.18. The first-order valence-corrected chi connectivity index (χ1v) is 10.2. The van der Waals surface area contributed by atoms with Crippen LogP contribution in [0.2, 0.25) is 0 Å². The van der Waals surface area contributed by atoms with E-state index in [1.807, 2.05) is 12.1 Å². The van der Waals surface area contributed by atoms with Crippen LogP contribution >= 0.6 is 11.3 Å². The van der Waals surface area contributed by atoms with Gasteiger partial charge in [-0.1, -0.05) is 29.4 Å². The maximum atomic E-state index is 11.2. The van der Waals surface area contributed by atoms with Gasteiger partial charge in [0.2, 0.25) is 0 Å². The minimum absolute atomic E-state index is 0.265. The number of benzene rings is 1. The van der Waals surface area contributed by atoms with Crippen LogP contribution in [-0.2, 0) is 9.63 Å². The van der Waals surface area contributed by atoms with Gasteiger partial charge in [0.25, 0.3) is 0 Å². The highest BCUT2D eigenvalue weighted by molar-refractivity contribution is 7.12. The second kappa shape index (κ2) is 9.15. The molecule has 27 heavy (non-hydrogen) atoms. The average Bonchev–Trinajstić information content (AvgIpc) is 3.09. The van der Waals surface area contributed by atoms with Gasteiger partial charge in [0.05, 0.1) is 10.8 Å². The van der Waals surface area contributed by atoms with E-state index >= 15 is 0 Å². The van der Waals surface area contributed by atoms with E-state index in [1.165, 1.54) is 5.56 Å². The predicted molar refractivity (Wildman–Crippen MR) is 109 cm³/mol. The Bertz CT molecular complexity index is 815. The molecule has 0 bridgehead atoms. The summed E-state index contributed by atoms with van der Waals surface area (Å²) in [6.07, 6.45) is 1.68. The quantitative estimate of drug-likeness (QED) is 0.445. The van der Waals surface area contributed by atoms with Crippen LogP contribution in [-0.4, -0.2) is 47.9 Å². The molecule has 1 aliphatic heterocycles. The zero-order valence-electron chi connectivity index (χ0n) is 15.9. The zero-order chi connectivity index (χ0) is 19.2. The van der Waals surface area contributed by atoms with Gasteiger partial charge in [-0.3, -0.25) is 9.69 Å². The Morgan fingerprint density at radius 2 is 2.11 bits per heavy atom. The summed E-state index contributed by atoms with van der Waals surface area (Å²) >= 11 is 1.66. The van der Waals surface area contributed by atoms with Gasteiger partial charge in [-0.15, -0.1) is 11.3 Å². The number of aliphatic carboxylic acids is 1. The lowest BCUT2D eigenvalue weighted by Gasteiger charge is -2.29. The SMILES string of the molecule is Cc1ccccc1C(=NOCCN1CCC[C@@H](C(=O)O)C1)c1sccc1C. The first-order chi connectivity index (χ1) is 13.1. The third-order valence-electron chi connectivity index (χ3n) is 4.99. The Kier molecular flexibility index (Phi) is 6.63. The molecule has 0 saturated carbocycles. The van der Waals surface area contributed by atoms with E-state index in [0.29, 0.717) is 19.7 Å². The third kappa shape index (κ3) is 4.96. The number of likely N-dealkylation sites (tertiary alicyclic amines) is 1. The third-order valence-corrected chi connectivity index (χ3v) is 6.01. The standard InChI is InChI=1S/C21H26N2O3S/c1-15-6-3-4-8-18(15)19(20-16(2)9-13-27-20)22-26-12-11-23-10-5-7-17(14-23)21(24)25/h3-4,6,8-9,13,17H,5,7,10-12,14H2,1-2H3,(H,24,25)/t17-/m1/s1. The van der Waals surface area contributed by atoms with E-state index in [0.717, 1.165) is 41.1 Å². The van der Waals surface area contributed by atoms with E-state index in [1.54, 1.807) is 11.3 Å². The van der Waals surface area contributed by atoms with Gasteiger partial charge < -0.3 is 9.94 Å². The molecule has 0 aliphatic carbocycles. The number of hydrogen-bond acceptors (Lipinski definition) is 5. The van der Waals surface area contributed by atoms with E-state index in [2.05, 4.69) is 47.5 Å². The molecule has 1 fully saturated rings. The van der Waals surface area contributed by atoms with Crippen molar-refractivity contribution in [3.05, 3.63) is 57.3 Å². The van der Waals surface area contributed by atoms with E-state index < -0.39 is 5.97 Å². The second-order valence-corrected chi connectivity index (χ2v) is 7.91. The highest BCUT2D eigenvalue weighted by Gasteiger charge is 2.25. The fourth-order valence-corrected chi connectivity index (χ4v) is 4.33. The van der Waals surface area contributed by atoms with Crippen molar-refractivity contribution in [2.24, 2.45) is 11.1 Å². The van der Waals surface area contributed by atoms with Crippen LogP contribution in [0.3, 0.4) is 0 Å². The molecule has 0 spiro atoms. The highest BCUT2D eigenvalue weighted by Crippen LogP contribution is 2.23. The summed E-state index contributed by atoms with van der Waals surface area (Å²) < 4.78 is 0. The number of hydrogen-bond donors (Lipinski definition) is 1. The van der Waals surface area contributed by atoms with Crippen molar-refractivity contribution in [1.82, 2.24) is 4.90 Å². The molecule has 3 rings (SSSR count). The fraction of sp³-hybridized carbons (Fsp3) is 0.429. The number of nitrogens with zero attached hydrogens (tertiary/aromatic N) is 2. The van der Waals surface area contributed by atoms with Crippen molar-refractivity contribution >= 4 is 23.0 Å². The minimum Gasteiger partial charge on any atom is -0.481 e. The van der Waals surface area contributed by atoms with Crippen LogP contribution in [0.4, 0.5) is 0 Å². The smallest absolute Gasteiger partial charge is 0.307 e. The number of carboxylic acid groups (broad SMARTS) is 1. The average molecular weight is 387 g/mol. The lowest BCUT2D eigenvalue weighted by molar-refractivity contribution is -0.143. The largest absolute Gasteiger partial charge is 0.481 e. The van der Waals surface area contributed by atoms with Gasteiger partial charge in [0, 0.05) is 18.7 Å². The van der Waals surface area contributed by atoms with E-state index in [-0.39, 0.29) is 5.92 Å². The Labute approximate surface area is 164 Å². The summed E-state index contributed by atoms with van der Waals surface area (Å²) in [6, 6.07) is 10.3. The minimum atomic E-state index is -0.700. The lowest BCUT2D eigenvalue weighted by Crippen LogP contribution is -2.40. The lowest BCUT2D eigenvalue weighted by atomic mass is 9.98. The molecule has 2 aromatic rings. The van der Waals surface area contributed by atoms with Crippen LogP contribution in [0, 0.1) is 19.8 Å². The molecular weight excluding hydrogens is 360 g/mol. The molecule has 1 atom stereocenters. The molecule has 2 heterocycles. The summed E-state index contributed by atoms with van der Waals surface area (Å²) in [7, 11) is 0. The number of oxime groups is 1. The number of rotatable bonds is 7. The summed E-state index contributed by atoms with van der Waals surface area (Å²) in [6.45, 7) is 6.82. The molecule has 0 radical (unpaired) electrons. The Morgan fingerprint density at radius 1 is 1.30 bits per heavy atom. The van der Waals surface area contributed by atoms with Gasteiger partial charge >= 0.3 is 5.97 Å². The van der Waals surface area contributed by atoms with Crippen LogP contribution in [0.1, 0.15) is 34.4 Å². The van der Waals surface area contributed by atoms with Gasteiger partial charge in [0.1, 0.15) is 12.3 Å². The highest BCUT2D eigenvalue weighted by atomic mass is 32.1. The second-order valence-electron chi connectivity index (χ2n) is 7.00. The van der Waals surface area contributed by atoms with Crippen LogP contribution in [0.25, 0.3) is 0 Å². The molecule has 0 unspecified atom stereocenters. The van der Waals surface area contributed by atoms with Crippen molar-refractivity contribution in [2.45, 2.75) is 26.7 Å². The molecule has 1 aromatic carbocycles. The van der Waals surface area contributed by atoms with Crippen LogP contribution in [0.5, 0.6) is 0 Å². The first-order valence-electron chi connectivity index (χ1n) is 9.32. The maximum absolute atomic E-state index is 11.2. The van der Waals surface area contributed by atoms with Crippen molar-refractivity contribution in [3.63, 3.8) is 0 Å². The summed E-state index contributed by atoms with van der Waals surface area (Å²) in [5.74, 6) is -0.966. The molecule has 1 saturated heterocycles. The summed E-state index contributed by atoms with van der Waals surface area (Å²) in [4.78, 5) is 20.2. The van der Waals surface area contributed by atoms with Crippen molar-refractivity contribution in [1.29, 1.82) is 0 Å². The monoisotopic (exact) mass is 386 g/mol. The number of carboxylic acids is 1. The zero-order valence-corrected chi connectivity index (χ0v) is 16.7. The molecule has 1 aliphatic rings. The Morgan fingerprint density at radius 3 is 2.81 bits per heavy atom. The molecular formula is C21H26N2O3S. The molecule has 1 N–H and O–H groups in total. The van der Waals surface area contributed by atoms with Gasteiger partial charge in [-0.05, 0) is 55.8 Å². The predicted octanol–water partition coefficient (Wildman–Crippen LogP) is 3.93. The molecule has 5 nitrogen and oxygen atoms in total. The summed E-state index contributed by atoms with van der Waals surface area (Å²) in [5, 5.41) is 15.8.